The van der Waals surface area contributed by atoms with Gasteiger partial charge < -0.3 is 9.47 Å². The van der Waals surface area contributed by atoms with Gasteiger partial charge >= 0.3 is 0 Å². The number of pyridine rings is 1. The van der Waals surface area contributed by atoms with Crippen LogP contribution in [-0.2, 0) is 0 Å². The fourth-order valence-corrected chi connectivity index (χ4v) is 5.39. The lowest BCUT2D eigenvalue weighted by molar-refractivity contribution is 0.312. The maximum Gasteiger partial charge on any atom is 0.160 e. The monoisotopic (exact) mass is 408 g/mol. The van der Waals surface area contributed by atoms with E-state index in [0.29, 0.717) is 5.25 Å². The highest BCUT2D eigenvalue weighted by Crippen LogP contribution is 2.48. The van der Waals surface area contributed by atoms with E-state index in [4.69, 9.17) is 16.6 Å². The Hall–Kier alpha value is -2.24. The molecule has 0 radical (unpaired) electrons. The first-order chi connectivity index (χ1) is 13.6. The third-order valence-electron chi connectivity index (χ3n) is 5.38. The van der Waals surface area contributed by atoms with Crippen LogP contribution < -0.4 is 0 Å². The molecule has 142 valence electrons. The summed E-state index contributed by atoms with van der Waals surface area (Å²) in [6, 6.07) is 18.7. The van der Waals surface area contributed by atoms with Crippen molar-refractivity contribution in [1.82, 2.24) is 14.5 Å². The summed E-state index contributed by atoms with van der Waals surface area (Å²) in [5.74, 6) is 0. The molecule has 0 aliphatic carbocycles. The molecule has 2 aliphatic rings. The fourth-order valence-electron chi connectivity index (χ4n) is 4.17. The SMILES string of the molecule is Cc1ccc([C@H]2[C@@H](c3ccccn3)N=C3S[C@@H](C)CN32)n1-c1ccc(Cl)cc1. The number of amidine groups is 1. The van der Waals surface area contributed by atoms with Gasteiger partial charge in [0.2, 0.25) is 0 Å². The van der Waals surface area contributed by atoms with Crippen LogP contribution in [0.4, 0.5) is 0 Å². The van der Waals surface area contributed by atoms with Gasteiger partial charge in [0.25, 0.3) is 0 Å². The van der Waals surface area contributed by atoms with Crippen LogP contribution in [0.15, 0.2) is 65.8 Å². The van der Waals surface area contributed by atoms with Gasteiger partial charge in [-0.3, -0.25) is 9.98 Å². The molecular weight excluding hydrogens is 388 g/mol. The first-order valence-corrected chi connectivity index (χ1v) is 10.7. The third-order valence-corrected chi connectivity index (χ3v) is 6.73. The van der Waals surface area contributed by atoms with Crippen molar-refractivity contribution < 1.29 is 0 Å². The van der Waals surface area contributed by atoms with E-state index in [9.17, 15) is 0 Å². The topological polar surface area (TPSA) is 33.4 Å². The number of rotatable bonds is 3. The molecule has 0 bridgehead atoms. The van der Waals surface area contributed by atoms with Crippen molar-refractivity contribution >= 4 is 28.5 Å². The van der Waals surface area contributed by atoms with Gasteiger partial charge in [0.1, 0.15) is 6.04 Å². The standard InChI is InChI=1S/C22H21ClN4S/c1-14-6-11-19(27(14)17-9-7-16(23)8-10-17)21-20(18-5-3-4-12-24-18)25-22-26(21)13-15(2)28-22/h3-12,15,20-21H,13H2,1-2H3/t15-,20+,21-/m0/s1. The molecule has 1 fully saturated rings. The quantitative estimate of drug-likeness (QED) is 0.579. The summed E-state index contributed by atoms with van der Waals surface area (Å²) in [5, 5.41) is 2.43. The molecule has 2 aromatic heterocycles. The van der Waals surface area contributed by atoms with Crippen molar-refractivity contribution in [2.45, 2.75) is 31.2 Å². The molecule has 5 rings (SSSR count). The van der Waals surface area contributed by atoms with E-state index in [1.165, 1.54) is 11.4 Å². The molecule has 1 saturated heterocycles. The van der Waals surface area contributed by atoms with E-state index in [2.05, 4.69) is 58.6 Å². The number of aryl methyl sites for hydroxylation is 1. The third kappa shape index (κ3) is 2.93. The number of thioether (sulfide) groups is 1. The number of aliphatic imine (C=N–C) groups is 1. The predicted molar refractivity (Wildman–Crippen MR) is 116 cm³/mol. The second-order valence-corrected chi connectivity index (χ2v) is 9.19. The molecule has 0 saturated carbocycles. The van der Waals surface area contributed by atoms with Gasteiger partial charge in [0.05, 0.1) is 11.7 Å². The van der Waals surface area contributed by atoms with Crippen LogP contribution >= 0.6 is 23.4 Å². The maximum atomic E-state index is 6.13. The van der Waals surface area contributed by atoms with Crippen LogP contribution in [0, 0.1) is 6.92 Å². The fraction of sp³-hybridized carbons (Fsp3) is 0.273. The van der Waals surface area contributed by atoms with Crippen molar-refractivity contribution in [2.24, 2.45) is 4.99 Å². The summed E-state index contributed by atoms with van der Waals surface area (Å²) in [7, 11) is 0. The Morgan fingerprint density at radius 2 is 1.89 bits per heavy atom. The van der Waals surface area contributed by atoms with Gasteiger partial charge in [0.15, 0.2) is 5.17 Å². The van der Waals surface area contributed by atoms with Gasteiger partial charge in [-0.05, 0) is 55.5 Å². The van der Waals surface area contributed by atoms with Crippen molar-refractivity contribution in [2.75, 3.05) is 6.54 Å². The molecule has 3 atom stereocenters. The molecule has 4 nitrogen and oxygen atoms in total. The number of aromatic nitrogens is 2. The summed E-state index contributed by atoms with van der Waals surface area (Å²) < 4.78 is 2.32. The van der Waals surface area contributed by atoms with Crippen molar-refractivity contribution in [3.63, 3.8) is 0 Å². The van der Waals surface area contributed by atoms with Crippen LogP contribution in [0.5, 0.6) is 0 Å². The highest BCUT2D eigenvalue weighted by atomic mass is 35.5. The predicted octanol–water partition coefficient (Wildman–Crippen LogP) is 5.42. The normalized spacial score (nSPS) is 23.8. The zero-order chi connectivity index (χ0) is 19.3. The van der Waals surface area contributed by atoms with Gasteiger partial charge in [-0.15, -0.1) is 0 Å². The number of hydrogen-bond donors (Lipinski definition) is 0. The van der Waals surface area contributed by atoms with E-state index in [0.717, 1.165) is 28.1 Å². The molecule has 4 heterocycles. The van der Waals surface area contributed by atoms with Gasteiger partial charge in [0, 0.05) is 40.1 Å². The summed E-state index contributed by atoms with van der Waals surface area (Å²) in [5.41, 5.74) is 4.58. The number of fused-ring (bicyclic) bond motifs is 1. The lowest BCUT2D eigenvalue weighted by atomic mass is 10.0. The Balaban J connectivity index is 1.64. The molecule has 0 N–H and O–H groups in total. The minimum Gasteiger partial charge on any atom is -0.339 e. The van der Waals surface area contributed by atoms with Gasteiger partial charge in [-0.25, -0.2) is 0 Å². The highest BCUT2D eigenvalue weighted by molar-refractivity contribution is 8.14. The van der Waals surface area contributed by atoms with Crippen LogP contribution in [0.2, 0.25) is 5.02 Å². The molecule has 0 amide bonds. The molecule has 2 aliphatic heterocycles. The second kappa shape index (κ2) is 6.98. The molecular formula is C22H21ClN4S. The van der Waals surface area contributed by atoms with Crippen LogP contribution in [0.25, 0.3) is 5.69 Å². The molecule has 1 aromatic carbocycles. The average Bonchev–Trinajstić information content (AvgIpc) is 3.35. The Labute approximate surface area is 174 Å². The minimum absolute atomic E-state index is 0.00319. The number of halogens is 1. The Morgan fingerprint density at radius 3 is 2.64 bits per heavy atom. The summed E-state index contributed by atoms with van der Waals surface area (Å²) in [4.78, 5) is 12.2. The summed E-state index contributed by atoms with van der Waals surface area (Å²) >= 11 is 7.99. The van der Waals surface area contributed by atoms with E-state index < -0.39 is 0 Å². The Morgan fingerprint density at radius 1 is 1.07 bits per heavy atom. The van der Waals surface area contributed by atoms with Gasteiger partial charge in [-0.1, -0.05) is 36.4 Å². The summed E-state index contributed by atoms with van der Waals surface area (Å²) in [6.45, 7) is 5.41. The summed E-state index contributed by atoms with van der Waals surface area (Å²) in [6.07, 6.45) is 1.86. The molecule has 0 spiro atoms. The van der Waals surface area contributed by atoms with Crippen molar-refractivity contribution in [3.8, 4) is 5.69 Å². The average molecular weight is 409 g/mol. The number of hydrogen-bond acceptors (Lipinski definition) is 4. The maximum absolute atomic E-state index is 6.13. The molecule has 28 heavy (non-hydrogen) atoms. The Kier molecular flexibility index (Phi) is 4.44. The lowest BCUT2D eigenvalue weighted by Gasteiger charge is -2.28. The van der Waals surface area contributed by atoms with Crippen LogP contribution in [0.3, 0.4) is 0 Å². The first kappa shape index (κ1) is 17.8. The first-order valence-electron chi connectivity index (χ1n) is 9.48. The zero-order valence-electron chi connectivity index (χ0n) is 15.8. The van der Waals surface area contributed by atoms with E-state index in [1.807, 2.05) is 42.2 Å². The van der Waals surface area contributed by atoms with Crippen molar-refractivity contribution in [1.29, 1.82) is 0 Å². The van der Waals surface area contributed by atoms with E-state index in [1.54, 1.807) is 0 Å². The molecule has 6 heteroatoms. The largest absolute Gasteiger partial charge is 0.339 e. The molecule has 0 unspecified atom stereocenters. The minimum atomic E-state index is -0.00319. The molecule has 3 aromatic rings. The zero-order valence-corrected chi connectivity index (χ0v) is 17.4. The lowest BCUT2D eigenvalue weighted by Crippen LogP contribution is -2.30. The number of benzene rings is 1. The smallest absolute Gasteiger partial charge is 0.160 e. The Bertz CT molecular complexity index is 1030. The van der Waals surface area contributed by atoms with Gasteiger partial charge in [-0.2, -0.15) is 0 Å². The van der Waals surface area contributed by atoms with Crippen LogP contribution in [-0.4, -0.2) is 31.4 Å². The highest BCUT2D eigenvalue weighted by Gasteiger charge is 2.44. The van der Waals surface area contributed by atoms with Crippen molar-refractivity contribution in [3.05, 3.63) is 82.9 Å². The second-order valence-electron chi connectivity index (χ2n) is 7.35. The van der Waals surface area contributed by atoms with E-state index in [-0.39, 0.29) is 12.1 Å². The number of nitrogens with zero attached hydrogens (tertiary/aromatic N) is 4. The van der Waals surface area contributed by atoms with E-state index >= 15 is 0 Å². The van der Waals surface area contributed by atoms with Crippen LogP contribution in [0.1, 0.15) is 36.1 Å².